The summed E-state index contributed by atoms with van der Waals surface area (Å²) in [6, 6.07) is -1.52. The van der Waals surface area contributed by atoms with Crippen molar-refractivity contribution < 1.29 is 47.7 Å². The zero-order valence-corrected chi connectivity index (χ0v) is 17.1. The monoisotopic (exact) mass is 417 g/mol. The van der Waals surface area contributed by atoms with Gasteiger partial charge in [0, 0.05) is 41.0 Å². The average Bonchev–Trinajstić information content (AvgIpc) is 2.88. The minimum atomic E-state index is -1.03. The molecule has 1 heterocycles. The molecule has 0 saturated carbocycles. The van der Waals surface area contributed by atoms with E-state index in [2.05, 4.69) is 5.32 Å². The number of ether oxygens (including phenoxy) is 5. The van der Waals surface area contributed by atoms with Crippen LogP contribution in [-0.4, -0.2) is 73.5 Å². The molecule has 1 rings (SSSR count). The van der Waals surface area contributed by atoms with Crippen molar-refractivity contribution in [3.05, 3.63) is 0 Å². The van der Waals surface area contributed by atoms with Crippen molar-refractivity contribution in [3.63, 3.8) is 0 Å². The highest BCUT2D eigenvalue weighted by molar-refractivity contribution is 5.68. The van der Waals surface area contributed by atoms with Crippen LogP contribution in [0.5, 0.6) is 0 Å². The Bertz CT molecular complexity index is 634. The Morgan fingerprint density at radius 1 is 0.759 bits per heavy atom. The average molecular weight is 417 g/mol. The van der Waals surface area contributed by atoms with Crippen LogP contribution in [-0.2, 0) is 47.7 Å². The SMILES string of the molecule is CC(=O)OCC[C@H](OC(C)=O)[C@H]1N[C@H](COC(C)=O)[C@@H](OC(C)=O)[C@@H]1OC(C)=O. The lowest BCUT2D eigenvalue weighted by Gasteiger charge is -2.29. The number of esters is 5. The van der Waals surface area contributed by atoms with Crippen LogP contribution in [0.2, 0.25) is 0 Å². The maximum atomic E-state index is 11.6. The molecule has 1 fully saturated rings. The second-order valence-corrected chi connectivity index (χ2v) is 6.53. The molecule has 1 aliphatic heterocycles. The van der Waals surface area contributed by atoms with E-state index in [1.54, 1.807) is 0 Å². The molecule has 0 bridgehead atoms. The largest absolute Gasteiger partial charge is 0.466 e. The van der Waals surface area contributed by atoms with E-state index in [1.165, 1.54) is 34.6 Å². The minimum Gasteiger partial charge on any atom is -0.466 e. The fourth-order valence-corrected chi connectivity index (χ4v) is 3.06. The molecule has 0 aromatic heterocycles. The van der Waals surface area contributed by atoms with Gasteiger partial charge in [-0.05, 0) is 0 Å². The van der Waals surface area contributed by atoms with Gasteiger partial charge in [0.1, 0.15) is 12.7 Å². The first-order chi connectivity index (χ1) is 13.5. The Morgan fingerprint density at radius 2 is 1.31 bits per heavy atom. The third-order valence-corrected chi connectivity index (χ3v) is 3.98. The summed E-state index contributed by atoms with van der Waals surface area (Å²) in [5, 5.41) is 3.05. The van der Waals surface area contributed by atoms with E-state index >= 15 is 0 Å². The molecular formula is C18H27NO10. The van der Waals surface area contributed by atoms with Gasteiger partial charge in [-0.25, -0.2) is 0 Å². The Balaban J connectivity index is 3.14. The quantitative estimate of drug-likeness (QED) is 0.388. The maximum absolute atomic E-state index is 11.6. The van der Waals surface area contributed by atoms with Gasteiger partial charge in [0.25, 0.3) is 0 Å². The fraction of sp³-hybridized carbons (Fsp3) is 0.722. The predicted octanol–water partition coefficient (Wildman–Crippen LogP) is -0.362. The van der Waals surface area contributed by atoms with Crippen LogP contribution < -0.4 is 5.32 Å². The third kappa shape index (κ3) is 8.46. The first kappa shape index (κ1) is 24.3. The molecule has 11 nitrogen and oxygen atoms in total. The normalized spacial score (nSPS) is 24.2. The Labute approximate surface area is 168 Å². The molecule has 1 saturated heterocycles. The first-order valence-corrected chi connectivity index (χ1v) is 9.05. The van der Waals surface area contributed by atoms with Gasteiger partial charge in [-0.2, -0.15) is 0 Å². The number of nitrogens with one attached hydrogen (secondary N) is 1. The summed E-state index contributed by atoms with van der Waals surface area (Å²) in [5.74, 6) is -2.94. The Kier molecular flexibility index (Phi) is 9.53. The Hall–Kier alpha value is -2.69. The van der Waals surface area contributed by atoms with Crippen molar-refractivity contribution in [3.8, 4) is 0 Å². The highest BCUT2D eigenvalue weighted by atomic mass is 16.6. The van der Waals surface area contributed by atoms with E-state index in [0.29, 0.717) is 0 Å². The second-order valence-electron chi connectivity index (χ2n) is 6.53. The van der Waals surface area contributed by atoms with Gasteiger partial charge in [-0.3, -0.25) is 29.3 Å². The lowest BCUT2D eigenvalue weighted by molar-refractivity contribution is -0.169. The summed E-state index contributed by atoms with van der Waals surface area (Å²) in [7, 11) is 0. The second kappa shape index (κ2) is 11.3. The van der Waals surface area contributed by atoms with E-state index in [4.69, 9.17) is 23.7 Å². The van der Waals surface area contributed by atoms with Gasteiger partial charge >= 0.3 is 29.8 Å². The predicted molar refractivity (Wildman–Crippen MR) is 95.3 cm³/mol. The summed E-state index contributed by atoms with van der Waals surface area (Å²) in [6.07, 6.45) is -2.80. The van der Waals surface area contributed by atoms with Gasteiger partial charge in [-0.1, -0.05) is 0 Å². The summed E-state index contributed by atoms with van der Waals surface area (Å²) in [4.78, 5) is 57.0. The molecule has 1 aliphatic rings. The van der Waals surface area contributed by atoms with Gasteiger partial charge in [0.15, 0.2) is 12.2 Å². The number of carbonyl (C=O) groups is 5. The zero-order chi connectivity index (χ0) is 22.1. The molecule has 29 heavy (non-hydrogen) atoms. The summed E-state index contributed by atoms with van der Waals surface area (Å²) in [6.45, 7) is 5.81. The first-order valence-electron chi connectivity index (χ1n) is 9.05. The maximum Gasteiger partial charge on any atom is 0.303 e. The highest BCUT2D eigenvalue weighted by Crippen LogP contribution is 2.27. The third-order valence-electron chi connectivity index (χ3n) is 3.98. The van der Waals surface area contributed by atoms with E-state index in [9.17, 15) is 24.0 Å². The molecular weight excluding hydrogens is 390 g/mol. The van der Waals surface area contributed by atoms with Crippen LogP contribution >= 0.6 is 0 Å². The number of rotatable bonds is 9. The van der Waals surface area contributed by atoms with Crippen molar-refractivity contribution in [2.24, 2.45) is 0 Å². The fourth-order valence-electron chi connectivity index (χ4n) is 3.06. The van der Waals surface area contributed by atoms with Crippen LogP contribution in [0.15, 0.2) is 0 Å². The molecule has 1 N–H and O–H groups in total. The van der Waals surface area contributed by atoms with Crippen LogP contribution in [0.3, 0.4) is 0 Å². The van der Waals surface area contributed by atoms with Crippen molar-refractivity contribution in [2.45, 2.75) is 71.4 Å². The molecule has 0 spiro atoms. The van der Waals surface area contributed by atoms with Crippen LogP contribution in [0.4, 0.5) is 0 Å². The standard InChI is InChI=1S/C18H27NO10/c1-9(20)25-7-6-15(27-11(3)22)16-18(29-13(5)24)17(28-12(4)23)14(19-16)8-26-10(2)21/h14-19H,6-8H2,1-5H3/t14-,15+,16-,17-,18-/m1/s1. The molecule has 0 radical (unpaired) electrons. The van der Waals surface area contributed by atoms with Gasteiger partial charge < -0.3 is 23.7 Å². The molecule has 11 heteroatoms. The van der Waals surface area contributed by atoms with Crippen molar-refractivity contribution in [2.75, 3.05) is 13.2 Å². The molecule has 0 amide bonds. The smallest absolute Gasteiger partial charge is 0.303 e. The van der Waals surface area contributed by atoms with E-state index in [-0.39, 0.29) is 19.6 Å². The van der Waals surface area contributed by atoms with E-state index in [1.807, 2.05) is 0 Å². The summed E-state index contributed by atoms with van der Waals surface area (Å²) in [5.41, 5.74) is 0. The molecule has 5 atom stereocenters. The van der Waals surface area contributed by atoms with Crippen LogP contribution in [0, 0.1) is 0 Å². The van der Waals surface area contributed by atoms with E-state index in [0.717, 1.165) is 0 Å². The van der Waals surface area contributed by atoms with Gasteiger partial charge in [-0.15, -0.1) is 0 Å². The summed E-state index contributed by atoms with van der Waals surface area (Å²) < 4.78 is 25.9. The summed E-state index contributed by atoms with van der Waals surface area (Å²) >= 11 is 0. The zero-order valence-electron chi connectivity index (χ0n) is 17.1. The molecule has 0 aliphatic carbocycles. The van der Waals surface area contributed by atoms with Crippen LogP contribution in [0.1, 0.15) is 41.0 Å². The Morgan fingerprint density at radius 3 is 1.79 bits per heavy atom. The molecule has 0 unspecified atom stereocenters. The number of hydrogen-bond donors (Lipinski definition) is 1. The minimum absolute atomic E-state index is 0.0505. The van der Waals surface area contributed by atoms with Gasteiger partial charge in [0.05, 0.1) is 18.7 Å². The highest BCUT2D eigenvalue weighted by Gasteiger charge is 2.51. The van der Waals surface area contributed by atoms with Crippen LogP contribution in [0.25, 0.3) is 0 Å². The topological polar surface area (TPSA) is 144 Å². The van der Waals surface area contributed by atoms with E-state index < -0.39 is 60.2 Å². The molecule has 164 valence electrons. The lowest BCUT2D eigenvalue weighted by Crippen LogP contribution is -2.48. The van der Waals surface area contributed by atoms with Crippen molar-refractivity contribution >= 4 is 29.8 Å². The van der Waals surface area contributed by atoms with Crippen molar-refractivity contribution in [1.82, 2.24) is 5.32 Å². The molecule has 0 aromatic carbocycles. The van der Waals surface area contributed by atoms with Gasteiger partial charge in [0.2, 0.25) is 0 Å². The molecule has 0 aromatic rings. The number of carbonyl (C=O) groups excluding carboxylic acids is 5. The number of hydrogen-bond acceptors (Lipinski definition) is 11. The lowest BCUT2D eigenvalue weighted by atomic mass is 10.0. The van der Waals surface area contributed by atoms with Crippen molar-refractivity contribution in [1.29, 1.82) is 0 Å².